The van der Waals surface area contributed by atoms with E-state index in [4.69, 9.17) is 5.41 Å². The van der Waals surface area contributed by atoms with Crippen molar-refractivity contribution >= 4 is 23.3 Å². The van der Waals surface area contributed by atoms with Gasteiger partial charge in [0.1, 0.15) is 5.57 Å². The number of rotatable bonds is 4. The number of allylic oxidation sites excluding steroid dienone is 1. The summed E-state index contributed by atoms with van der Waals surface area (Å²) in [5, 5.41) is 9.95. The van der Waals surface area contributed by atoms with E-state index in [2.05, 4.69) is 5.32 Å². The molecule has 1 amide bonds. The normalized spacial score (nSPS) is 16.3. The molecule has 0 radical (unpaired) electrons. The number of ketones is 2. The molecule has 2 rings (SSSR count). The van der Waals surface area contributed by atoms with Crippen LogP contribution < -0.4 is 5.32 Å². The highest BCUT2D eigenvalue weighted by atomic mass is 16.2. The van der Waals surface area contributed by atoms with Crippen molar-refractivity contribution in [2.24, 2.45) is 5.41 Å². The fraction of sp³-hybridized carbons (Fsp3) is 0.316. The third kappa shape index (κ3) is 4.37. The number of hydrogen-bond donors (Lipinski definition) is 2. The van der Waals surface area contributed by atoms with Crippen molar-refractivity contribution in [1.29, 1.82) is 5.41 Å². The van der Waals surface area contributed by atoms with Crippen LogP contribution in [0.1, 0.15) is 32.3 Å². The first-order valence-corrected chi connectivity index (χ1v) is 7.72. The summed E-state index contributed by atoms with van der Waals surface area (Å²) in [5.41, 5.74) is 0.408. The van der Waals surface area contributed by atoms with E-state index in [-0.39, 0.29) is 41.0 Å². The summed E-state index contributed by atoms with van der Waals surface area (Å²) in [6, 6.07) is 9.32. The number of carbonyl (C=O) groups is 3. The molecule has 0 aliphatic heterocycles. The molecule has 1 saturated carbocycles. The molecule has 2 N–H and O–H groups in total. The van der Waals surface area contributed by atoms with Crippen LogP contribution in [0.5, 0.6) is 0 Å². The van der Waals surface area contributed by atoms with Crippen molar-refractivity contribution in [3.8, 4) is 0 Å². The van der Waals surface area contributed by atoms with Crippen molar-refractivity contribution in [3.63, 3.8) is 0 Å². The van der Waals surface area contributed by atoms with Gasteiger partial charge in [-0.25, -0.2) is 0 Å². The van der Waals surface area contributed by atoms with Gasteiger partial charge in [0.25, 0.3) is 5.91 Å². The number of Topliss-reactive ketones (excluding diaryl/α,β-unsaturated/α-hetero) is 2. The van der Waals surface area contributed by atoms with Gasteiger partial charge in [0.15, 0.2) is 11.6 Å². The van der Waals surface area contributed by atoms with Crippen LogP contribution in [0.15, 0.2) is 47.6 Å². The third-order valence-corrected chi connectivity index (χ3v) is 3.84. The van der Waals surface area contributed by atoms with E-state index < -0.39 is 5.91 Å². The summed E-state index contributed by atoms with van der Waals surface area (Å²) in [7, 11) is 0. The number of nitrogens with one attached hydrogen (secondary N) is 2. The second-order valence-electron chi connectivity index (χ2n) is 6.63. The topological polar surface area (TPSA) is 87.1 Å². The number of hydrogen-bond acceptors (Lipinski definition) is 4. The van der Waals surface area contributed by atoms with Crippen LogP contribution in [0.2, 0.25) is 0 Å². The molecule has 1 aliphatic rings. The van der Waals surface area contributed by atoms with Crippen LogP contribution >= 0.6 is 0 Å². The Bertz CT molecular complexity index is 732. The van der Waals surface area contributed by atoms with E-state index in [0.717, 1.165) is 5.56 Å². The van der Waals surface area contributed by atoms with Crippen LogP contribution in [0.25, 0.3) is 0 Å². The molecule has 0 unspecified atom stereocenters. The van der Waals surface area contributed by atoms with Crippen LogP contribution in [-0.2, 0) is 20.9 Å². The van der Waals surface area contributed by atoms with Gasteiger partial charge >= 0.3 is 0 Å². The first-order chi connectivity index (χ1) is 11.3. The van der Waals surface area contributed by atoms with E-state index in [1.165, 1.54) is 6.08 Å². The Hall–Kier alpha value is -2.78. The van der Waals surface area contributed by atoms with Crippen molar-refractivity contribution in [1.82, 2.24) is 5.32 Å². The second-order valence-corrected chi connectivity index (χ2v) is 6.63. The maximum atomic E-state index is 12.2. The summed E-state index contributed by atoms with van der Waals surface area (Å²) < 4.78 is 0. The molecule has 124 valence electrons. The fourth-order valence-corrected chi connectivity index (χ4v) is 2.61. The van der Waals surface area contributed by atoms with E-state index in [1.807, 2.05) is 50.0 Å². The first kappa shape index (κ1) is 17.6. The summed E-state index contributed by atoms with van der Waals surface area (Å²) in [5.74, 6) is 0.902. The molecular weight excluding hydrogens is 304 g/mol. The van der Waals surface area contributed by atoms with Gasteiger partial charge in [-0.3, -0.25) is 19.8 Å². The Kier molecular flexibility index (Phi) is 5.27. The zero-order valence-corrected chi connectivity index (χ0v) is 13.8. The Morgan fingerprint density at radius 1 is 1.21 bits per heavy atom. The first-order valence-electron chi connectivity index (χ1n) is 7.72. The molecule has 1 aromatic rings. The van der Waals surface area contributed by atoms with Crippen LogP contribution in [0.4, 0.5) is 0 Å². The van der Waals surface area contributed by atoms with Crippen molar-refractivity contribution in [2.75, 3.05) is 0 Å². The maximum absolute atomic E-state index is 12.2. The Labute approximate surface area is 141 Å². The van der Waals surface area contributed by atoms with Crippen molar-refractivity contribution < 1.29 is 14.4 Å². The minimum atomic E-state index is -0.535. The zero-order valence-electron chi connectivity index (χ0n) is 13.8. The molecular formula is C19H20N2O3. The lowest BCUT2D eigenvalue weighted by molar-refractivity contribution is -0.127. The number of carbonyl (C=O) groups excluding carboxylic acids is 3. The van der Waals surface area contributed by atoms with Gasteiger partial charge in [-0.05, 0) is 22.9 Å². The summed E-state index contributed by atoms with van der Waals surface area (Å²) in [4.78, 5) is 36.5. The number of amides is 1. The quantitative estimate of drug-likeness (QED) is 0.506. The van der Waals surface area contributed by atoms with Crippen molar-refractivity contribution in [3.05, 3.63) is 53.1 Å². The van der Waals surface area contributed by atoms with E-state index in [9.17, 15) is 14.4 Å². The van der Waals surface area contributed by atoms with Gasteiger partial charge in [0, 0.05) is 19.4 Å². The lowest BCUT2D eigenvalue weighted by Gasteiger charge is -2.28. The van der Waals surface area contributed by atoms with Gasteiger partial charge in [-0.2, -0.15) is 0 Å². The average molecular weight is 324 g/mol. The molecule has 0 aromatic heterocycles. The highest BCUT2D eigenvalue weighted by molar-refractivity contribution is 6.23. The van der Waals surface area contributed by atoms with Gasteiger partial charge in [0.2, 0.25) is 0 Å². The fourth-order valence-electron chi connectivity index (χ4n) is 2.61. The smallest absolute Gasteiger partial charge is 0.260 e. The molecule has 5 nitrogen and oxygen atoms in total. The molecule has 24 heavy (non-hydrogen) atoms. The van der Waals surface area contributed by atoms with Gasteiger partial charge in [0.05, 0.1) is 5.57 Å². The molecule has 0 bridgehead atoms. The molecule has 1 aliphatic carbocycles. The van der Waals surface area contributed by atoms with Crippen LogP contribution in [0.3, 0.4) is 0 Å². The summed E-state index contributed by atoms with van der Waals surface area (Å²) >= 11 is 0. The average Bonchev–Trinajstić information content (AvgIpc) is 2.52. The molecule has 1 aromatic carbocycles. The highest BCUT2D eigenvalue weighted by Gasteiger charge is 2.35. The minimum absolute atomic E-state index is 0.0149. The highest BCUT2D eigenvalue weighted by Crippen LogP contribution is 2.33. The monoisotopic (exact) mass is 324 g/mol. The molecule has 0 heterocycles. The second kappa shape index (κ2) is 7.20. The van der Waals surface area contributed by atoms with Crippen LogP contribution in [0, 0.1) is 10.8 Å². The zero-order chi connectivity index (χ0) is 17.7. The summed E-state index contributed by atoms with van der Waals surface area (Å²) in [6.07, 6.45) is 1.69. The molecule has 1 fully saturated rings. The number of benzene rings is 1. The third-order valence-electron chi connectivity index (χ3n) is 3.84. The van der Waals surface area contributed by atoms with E-state index >= 15 is 0 Å². The Morgan fingerprint density at radius 2 is 1.79 bits per heavy atom. The molecule has 0 spiro atoms. The summed E-state index contributed by atoms with van der Waals surface area (Å²) in [6.45, 7) is 4.02. The molecule has 0 saturated heterocycles. The lowest BCUT2D eigenvalue weighted by Crippen LogP contribution is -2.32. The van der Waals surface area contributed by atoms with Crippen molar-refractivity contribution in [2.45, 2.75) is 33.2 Å². The predicted molar refractivity (Wildman–Crippen MR) is 90.6 cm³/mol. The minimum Gasteiger partial charge on any atom is -0.347 e. The maximum Gasteiger partial charge on any atom is 0.260 e. The van der Waals surface area contributed by atoms with E-state index in [1.54, 1.807) is 0 Å². The largest absolute Gasteiger partial charge is 0.347 e. The molecule has 5 heteroatoms. The molecule has 0 atom stereocenters. The van der Waals surface area contributed by atoms with Crippen LogP contribution in [-0.4, -0.2) is 23.3 Å². The standard InChI is InChI=1S/C19H20N2O3/c1-19(2)9-16(22)15(17(23)10-19)8-14(11-20)18(24)21-12-13-6-4-3-5-7-13/h3-8,20H,9-10,12H2,1-2H3,(H,21,24). The Balaban J connectivity index is 2.11. The van der Waals surface area contributed by atoms with E-state index in [0.29, 0.717) is 6.54 Å². The van der Waals surface area contributed by atoms with Gasteiger partial charge in [-0.15, -0.1) is 0 Å². The Morgan fingerprint density at radius 3 is 2.33 bits per heavy atom. The predicted octanol–water partition coefficient (Wildman–Crippen LogP) is 2.36. The van der Waals surface area contributed by atoms with Gasteiger partial charge in [-0.1, -0.05) is 44.2 Å². The SMILES string of the molecule is CC1(C)CC(=O)C(=CC(=C=N)C(=O)NCc2ccccc2)C(=O)C1. The lowest BCUT2D eigenvalue weighted by atomic mass is 9.74. The van der Waals surface area contributed by atoms with Gasteiger partial charge < -0.3 is 5.32 Å².